The van der Waals surface area contributed by atoms with Crippen molar-refractivity contribution < 1.29 is 14.3 Å². The number of nitrogens with one attached hydrogen (secondary N) is 1. The molecule has 0 atom stereocenters. The third-order valence-electron chi connectivity index (χ3n) is 4.64. The molecule has 2 amide bonds. The monoisotopic (exact) mass is 414 g/mol. The summed E-state index contributed by atoms with van der Waals surface area (Å²) < 4.78 is 5.18. The van der Waals surface area contributed by atoms with E-state index in [1.807, 2.05) is 30.0 Å². The van der Waals surface area contributed by atoms with E-state index in [1.165, 1.54) is 0 Å². The molecule has 152 valence electrons. The molecule has 3 rings (SSSR count). The van der Waals surface area contributed by atoms with Gasteiger partial charge in [0.15, 0.2) is 0 Å². The number of methoxy groups -OCH3 is 1. The maximum absolute atomic E-state index is 12.8. The summed E-state index contributed by atoms with van der Waals surface area (Å²) in [4.78, 5) is 32.1. The Balaban J connectivity index is 1.88. The highest BCUT2D eigenvalue weighted by molar-refractivity contribution is 6.32. The number of aliphatic imine (C=N–C) groups is 1. The first kappa shape index (κ1) is 20.7. The van der Waals surface area contributed by atoms with Gasteiger partial charge in [-0.1, -0.05) is 29.3 Å². The molecule has 7 nitrogen and oxygen atoms in total. The Morgan fingerprint density at radius 1 is 1.17 bits per heavy atom. The van der Waals surface area contributed by atoms with E-state index in [0.29, 0.717) is 54.2 Å². The Morgan fingerprint density at radius 3 is 2.55 bits per heavy atom. The summed E-state index contributed by atoms with van der Waals surface area (Å²) in [5, 5.41) is 3.35. The van der Waals surface area contributed by atoms with E-state index in [1.54, 1.807) is 36.3 Å². The highest BCUT2D eigenvalue weighted by Crippen LogP contribution is 2.28. The number of carbonyl (C=O) groups excluding carboxylic acids is 2. The predicted octanol–water partition coefficient (Wildman–Crippen LogP) is 2.85. The zero-order valence-electron chi connectivity index (χ0n) is 16.4. The minimum atomic E-state index is -0.245. The molecule has 1 fully saturated rings. The molecule has 29 heavy (non-hydrogen) atoms. The largest absolute Gasteiger partial charge is 0.495 e. The number of guanidine groups is 1. The Labute approximate surface area is 174 Å². The van der Waals surface area contributed by atoms with Crippen LogP contribution in [0.1, 0.15) is 15.9 Å². The summed E-state index contributed by atoms with van der Waals surface area (Å²) in [6.07, 6.45) is 0.836. The maximum atomic E-state index is 12.8. The SMILES string of the molecule is COc1ccc(N=C(NC(=O)c2cccc(C)c2)N2CCN(C=O)CC2)cc1Cl. The van der Waals surface area contributed by atoms with Crippen molar-refractivity contribution in [2.75, 3.05) is 33.3 Å². The van der Waals surface area contributed by atoms with E-state index < -0.39 is 0 Å². The van der Waals surface area contributed by atoms with Crippen LogP contribution in [0.4, 0.5) is 5.69 Å². The maximum Gasteiger partial charge on any atom is 0.257 e. The fraction of sp³-hybridized carbons (Fsp3) is 0.286. The van der Waals surface area contributed by atoms with Crippen molar-refractivity contribution in [1.29, 1.82) is 0 Å². The van der Waals surface area contributed by atoms with Gasteiger partial charge in [-0.2, -0.15) is 0 Å². The van der Waals surface area contributed by atoms with Crippen LogP contribution in [-0.2, 0) is 4.79 Å². The van der Waals surface area contributed by atoms with Crippen molar-refractivity contribution in [2.45, 2.75) is 6.92 Å². The first-order chi connectivity index (χ1) is 14.0. The zero-order chi connectivity index (χ0) is 20.8. The van der Waals surface area contributed by atoms with E-state index >= 15 is 0 Å². The quantitative estimate of drug-likeness (QED) is 0.474. The zero-order valence-corrected chi connectivity index (χ0v) is 17.1. The molecule has 1 aliphatic rings. The number of amides is 2. The predicted molar refractivity (Wildman–Crippen MR) is 113 cm³/mol. The molecule has 2 aromatic carbocycles. The molecule has 0 spiro atoms. The standard InChI is InChI=1S/C21H23ClN4O3/c1-15-4-3-5-16(12-15)20(28)24-21(26-10-8-25(14-27)9-11-26)23-17-6-7-19(29-2)18(22)13-17/h3-7,12-14H,8-11H2,1-2H3,(H,23,24,28). The van der Waals surface area contributed by atoms with Crippen LogP contribution in [0.2, 0.25) is 5.02 Å². The average Bonchev–Trinajstić information content (AvgIpc) is 2.73. The van der Waals surface area contributed by atoms with E-state index in [9.17, 15) is 9.59 Å². The van der Waals surface area contributed by atoms with Crippen molar-refractivity contribution >= 4 is 35.6 Å². The minimum Gasteiger partial charge on any atom is -0.495 e. The molecule has 0 radical (unpaired) electrons. The second-order valence-corrected chi connectivity index (χ2v) is 7.11. The van der Waals surface area contributed by atoms with Gasteiger partial charge in [-0.15, -0.1) is 0 Å². The highest BCUT2D eigenvalue weighted by Gasteiger charge is 2.21. The van der Waals surface area contributed by atoms with Gasteiger partial charge in [0, 0.05) is 31.7 Å². The molecular formula is C21H23ClN4O3. The summed E-state index contributed by atoms with van der Waals surface area (Å²) in [5.74, 6) is 0.726. The van der Waals surface area contributed by atoms with Gasteiger partial charge >= 0.3 is 0 Å². The van der Waals surface area contributed by atoms with Gasteiger partial charge in [0.1, 0.15) is 5.75 Å². The van der Waals surface area contributed by atoms with Crippen LogP contribution in [0.3, 0.4) is 0 Å². The lowest BCUT2D eigenvalue weighted by atomic mass is 10.1. The molecule has 1 N–H and O–H groups in total. The van der Waals surface area contributed by atoms with Crippen molar-refractivity contribution in [2.24, 2.45) is 4.99 Å². The van der Waals surface area contributed by atoms with Crippen LogP contribution < -0.4 is 10.1 Å². The Morgan fingerprint density at radius 2 is 1.93 bits per heavy atom. The molecular weight excluding hydrogens is 392 g/mol. The summed E-state index contributed by atoms with van der Waals surface area (Å²) in [6, 6.07) is 12.5. The van der Waals surface area contributed by atoms with Gasteiger partial charge in [-0.25, -0.2) is 4.99 Å². The third kappa shape index (κ3) is 5.26. The molecule has 1 saturated heterocycles. The number of ether oxygens (including phenoxy) is 1. The molecule has 1 aliphatic heterocycles. The molecule has 0 unspecified atom stereocenters. The van der Waals surface area contributed by atoms with E-state index in [-0.39, 0.29) is 5.91 Å². The summed E-state index contributed by atoms with van der Waals surface area (Å²) >= 11 is 6.21. The van der Waals surface area contributed by atoms with Crippen LogP contribution in [0.5, 0.6) is 5.75 Å². The molecule has 0 saturated carbocycles. The molecule has 2 aromatic rings. The fourth-order valence-corrected chi connectivity index (χ4v) is 3.28. The normalized spacial score (nSPS) is 14.5. The van der Waals surface area contributed by atoms with Crippen molar-refractivity contribution in [3.63, 3.8) is 0 Å². The third-order valence-corrected chi connectivity index (χ3v) is 4.93. The number of carbonyl (C=O) groups is 2. The lowest BCUT2D eigenvalue weighted by molar-refractivity contribution is -0.119. The summed E-state index contributed by atoms with van der Waals surface area (Å²) in [6.45, 7) is 4.19. The van der Waals surface area contributed by atoms with Gasteiger partial charge in [0.05, 0.1) is 17.8 Å². The molecule has 0 aliphatic carbocycles. The van der Waals surface area contributed by atoms with Crippen molar-refractivity contribution in [3.05, 3.63) is 58.6 Å². The number of piperazine rings is 1. The van der Waals surface area contributed by atoms with Gasteiger partial charge in [-0.3, -0.25) is 14.9 Å². The number of hydrogen-bond acceptors (Lipinski definition) is 4. The van der Waals surface area contributed by atoms with E-state index in [0.717, 1.165) is 12.0 Å². The first-order valence-electron chi connectivity index (χ1n) is 9.24. The van der Waals surface area contributed by atoms with Crippen LogP contribution in [0.25, 0.3) is 0 Å². The highest BCUT2D eigenvalue weighted by atomic mass is 35.5. The van der Waals surface area contributed by atoms with Gasteiger partial charge in [0.25, 0.3) is 5.91 Å². The summed E-state index contributed by atoms with van der Waals surface area (Å²) in [7, 11) is 1.55. The van der Waals surface area contributed by atoms with Crippen LogP contribution in [0.15, 0.2) is 47.5 Å². The Hall–Kier alpha value is -3.06. The van der Waals surface area contributed by atoms with Gasteiger partial charge in [-0.05, 0) is 37.3 Å². The number of nitrogens with zero attached hydrogens (tertiary/aromatic N) is 3. The van der Waals surface area contributed by atoms with Gasteiger partial charge < -0.3 is 14.5 Å². The lowest BCUT2D eigenvalue weighted by Crippen LogP contribution is -2.53. The fourth-order valence-electron chi connectivity index (χ4n) is 3.02. The molecule has 0 aromatic heterocycles. The first-order valence-corrected chi connectivity index (χ1v) is 9.62. The number of aryl methyl sites for hydroxylation is 1. The average molecular weight is 415 g/mol. The van der Waals surface area contributed by atoms with Crippen LogP contribution in [-0.4, -0.2) is 61.4 Å². The van der Waals surface area contributed by atoms with Crippen molar-refractivity contribution in [1.82, 2.24) is 15.1 Å². The second kappa shape index (κ2) is 9.43. The number of hydrogen-bond donors (Lipinski definition) is 1. The van der Waals surface area contributed by atoms with E-state index in [2.05, 4.69) is 10.3 Å². The van der Waals surface area contributed by atoms with E-state index in [4.69, 9.17) is 16.3 Å². The van der Waals surface area contributed by atoms with Crippen molar-refractivity contribution in [3.8, 4) is 5.75 Å². The van der Waals surface area contributed by atoms with Crippen LogP contribution >= 0.6 is 11.6 Å². The topological polar surface area (TPSA) is 74.2 Å². The Bertz CT molecular complexity index is 924. The number of benzene rings is 2. The smallest absolute Gasteiger partial charge is 0.257 e. The Kier molecular flexibility index (Phi) is 6.72. The van der Waals surface area contributed by atoms with Crippen LogP contribution in [0, 0.1) is 6.92 Å². The van der Waals surface area contributed by atoms with Gasteiger partial charge in [0.2, 0.25) is 12.4 Å². The molecule has 8 heteroatoms. The molecule has 1 heterocycles. The minimum absolute atomic E-state index is 0.245. The second-order valence-electron chi connectivity index (χ2n) is 6.71. The molecule has 0 bridgehead atoms. The lowest BCUT2D eigenvalue weighted by Gasteiger charge is -2.34. The number of rotatable bonds is 4. The summed E-state index contributed by atoms with van der Waals surface area (Å²) in [5.41, 5.74) is 2.14. The number of halogens is 1.